The fourth-order valence-corrected chi connectivity index (χ4v) is 2.04. The smallest absolute Gasteiger partial charge is 0.252 e. The van der Waals surface area contributed by atoms with Crippen molar-refractivity contribution in [2.24, 2.45) is 11.7 Å². The van der Waals surface area contributed by atoms with Crippen molar-refractivity contribution in [3.05, 3.63) is 0 Å². The molecule has 16 heavy (non-hydrogen) atoms. The summed E-state index contributed by atoms with van der Waals surface area (Å²) < 4.78 is 10.6. The predicted molar refractivity (Wildman–Crippen MR) is 58.9 cm³/mol. The predicted octanol–water partition coefficient (Wildman–Crippen LogP) is -0.355. The molecule has 5 nitrogen and oxygen atoms in total. The molecule has 5 heteroatoms. The molecule has 2 unspecified atom stereocenters. The third kappa shape index (κ3) is 2.53. The molecule has 0 aromatic heterocycles. The van der Waals surface area contributed by atoms with E-state index in [9.17, 15) is 4.79 Å². The first kappa shape index (κ1) is 11.8. The lowest BCUT2D eigenvalue weighted by atomic mass is 9.95. The number of nitrogens with one attached hydrogen (secondary N) is 1. The second-order valence-electron chi connectivity index (χ2n) is 4.82. The van der Waals surface area contributed by atoms with Crippen LogP contribution in [0.4, 0.5) is 0 Å². The minimum absolute atomic E-state index is 0.0976. The molecule has 2 fully saturated rings. The van der Waals surface area contributed by atoms with Crippen LogP contribution in [0.25, 0.3) is 0 Å². The van der Waals surface area contributed by atoms with Gasteiger partial charge in [-0.25, -0.2) is 0 Å². The molecule has 1 aliphatic carbocycles. The Labute approximate surface area is 95.7 Å². The summed E-state index contributed by atoms with van der Waals surface area (Å²) in [5.74, 6) is 0.422. The number of hydrogen-bond donors (Lipinski definition) is 2. The Morgan fingerprint density at radius 2 is 2.25 bits per heavy atom. The molecule has 0 radical (unpaired) electrons. The highest BCUT2D eigenvalue weighted by Gasteiger charge is 2.42. The Morgan fingerprint density at radius 3 is 2.75 bits per heavy atom. The Morgan fingerprint density at radius 1 is 1.50 bits per heavy atom. The summed E-state index contributed by atoms with van der Waals surface area (Å²) in [6, 6.07) is 0. The lowest BCUT2D eigenvalue weighted by Crippen LogP contribution is -2.57. The number of ether oxygens (including phenoxy) is 2. The van der Waals surface area contributed by atoms with E-state index in [0.29, 0.717) is 32.3 Å². The van der Waals surface area contributed by atoms with Crippen molar-refractivity contribution in [3.63, 3.8) is 0 Å². The number of carbonyl (C=O) groups excluding carboxylic acids is 1. The van der Waals surface area contributed by atoms with Crippen molar-refractivity contribution in [2.75, 3.05) is 26.4 Å². The fraction of sp³-hybridized carbons (Fsp3) is 0.909. The molecule has 0 aromatic carbocycles. The van der Waals surface area contributed by atoms with Gasteiger partial charge in [0.25, 0.3) is 5.91 Å². The second-order valence-corrected chi connectivity index (χ2v) is 4.82. The van der Waals surface area contributed by atoms with Crippen LogP contribution < -0.4 is 11.1 Å². The van der Waals surface area contributed by atoms with E-state index in [0.717, 1.165) is 12.8 Å². The summed E-state index contributed by atoms with van der Waals surface area (Å²) >= 11 is 0. The largest absolute Gasteiger partial charge is 0.376 e. The van der Waals surface area contributed by atoms with Crippen LogP contribution in [0.5, 0.6) is 0 Å². The molecule has 3 N–H and O–H groups in total. The maximum absolute atomic E-state index is 11.9. The lowest BCUT2D eigenvalue weighted by molar-refractivity contribution is -0.149. The van der Waals surface area contributed by atoms with Crippen LogP contribution in [0.1, 0.15) is 19.8 Å². The van der Waals surface area contributed by atoms with Crippen LogP contribution >= 0.6 is 0 Å². The van der Waals surface area contributed by atoms with Crippen molar-refractivity contribution in [1.29, 1.82) is 0 Å². The maximum Gasteiger partial charge on any atom is 0.252 e. The molecular formula is C11H20N2O3. The average molecular weight is 228 g/mol. The van der Waals surface area contributed by atoms with Gasteiger partial charge < -0.3 is 20.5 Å². The van der Waals surface area contributed by atoms with Gasteiger partial charge in [-0.3, -0.25) is 4.79 Å². The van der Waals surface area contributed by atoms with Gasteiger partial charge in [-0.1, -0.05) is 0 Å². The van der Waals surface area contributed by atoms with E-state index in [1.54, 1.807) is 0 Å². The molecule has 92 valence electrons. The van der Waals surface area contributed by atoms with E-state index in [2.05, 4.69) is 5.32 Å². The van der Waals surface area contributed by atoms with Gasteiger partial charge in [0.2, 0.25) is 0 Å². The third-order valence-electron chi connectivity index (χ3n) is 3.42. The minimum Gasteiger partial charge on any atom is -0.376 e. The van der Waals surface area contributed by atoms with Crippen LogP contribution in [-0.4, -0.2) is 43.9 Å². The lowest BCUT2D eigenvalue weighted by Gasteiger charge is -2.32. The zero-order valence-corrected chi connectivity index (χ0v) is 9.70. The second kappa shape index (κ2) is 4.69. The summed E-state index contributed by atoms with van der Waals surface area (Å²) in [6.07, 6.45) is 1.82. The quantitative estimate of drug-likeness (QED) is 0.689. The van der Waals surface area contributed by atoms with Gasteiger partial charge in [-0.2, -0.15) is 0 Å². The first-order valence-corrected chi connectivity index (χ1v) is 5.87. The highest BCUT2D eigenvalue weighted by atomic mass is 16.6. The zero-order chi connectivity index (χ0) is 11.6. The van der Waals surface area contributed by atoms with E-state index < -0.39 is 6.10 Å². The number of amides is 1. The van der Waals surface area contributed by atoms with Crippen LogP contribution in [0, 0.1) is 5.92 Å². The fourth-order valence-electron chi connectivity index (χ4n) is 2.04. The van der Waals surface area contributed by atoms with E-state index >= 15 is 0 Å². The van der Waals surface area contributed by atoms with Gasteiger partial charge in [0.05, 0.1) is 25.4 Å². The number of nitrogens with two attached hydrogens (primary N) is 1. The highest BCUT2D eigenvalue weighted by molar-refractivity contribution is 5.81. The van der Waals surface area contributed by atoms with Crippen molar-refractivity contribution in [2.45, 2.75) is 31.4 Å². The number of hydrogen-bond acceptors (Lipinski definition) is 4. The summed E-state index contributed by atoms with van der Waals surface area (Å²) in [5.41, 5.74) is 5.46. The van der Waals surface area contributed by atoms with Gasteiger partial charge in [0.1, 0.15) is 0 Å². The first-order chi connectivity index (χ1) is 7.65. The summed E-state index contributed by atoms with van der Waals surface area (Å²) in [5, 5.41) is 3.01. The molecule has 1 amide bonds. The molecule has 1 aliphatic heterocycles. The monoisotopic (exact) mass is 228 g/mol. The Kier molecular flexibility index (Phi) is 3.47. The topological polar surface area (TPSA) is 73.6 Å². The molecule has 2 aliphatic rings. The number of carbonyl (C=O) groups is 1. The van der Waals surface area contributed by atoms with E-state index in [4.69, 9.17) is 15.2 Å². The van der Waals surface area contributed by atoms with Crippen molar-refractivity contribution in [1.82, 2.24) is 5.32 Å². The van der Waals surface area contributed by atoms with Crippen LogP contribution in [0.3, 0.4) is 0 Å². The van der Waals surface area contributed by atoms with Crippen LogP contribution in [-0.2, 0) is 14.3 Å². The Bertz CT molecular complexity index is 262. The Balaban J connectivity index is 1.89. The SMILES string of the molecule is CC(CN)(NC(=O)C1COCCO1)C1CC1. The summed E-state index contributed by atoms with van der Waals surface area (Å²) in [6.45, 7) is 3.88. The van der Waals surface area contributed by atoms with E-state index in [1.165, 1.54) is 0 Å². The minimum atomic E-state index is -0.474. The van der Waals surface area contributed by atoms with Crippen LogP contribution in [0.15, 0.2) is 0 Å². The van der Waals surface area contributed by atoms with E-state index in [1.807, 2.05) is 6.92 Å². The molecular weight excluding hydrogens is 208 g/mol. The molecule has 1 heterocycles. The maximum atomic E-state index is 11.9. The molecule has 1 saturated heterocycles. The van der Waals surface area contributed by atoms with Gasteiger partial charge >= 0.3 is 0 Å². The number of rotatable bonds is 4. The third-order valence-corrected chi connectivity index (χ3v) is 3.42. The standard InChI is InChI=1S/C11H20N2O3/c1-11(7-12,8-2-3-8)13-10(14)9-6-15-4-5-16-9/h8-9H,2-7,12H2,1H3,(H,13,14). The van der Waals surface area contributed by atoms with Crippen molar-refractivity contribution >= 4 is 5.91 Å². The average Bonchev–Trinajstić information content (AvgIpc) is 3.14. The summed E-state index contributed by atoms with van der Waals surface area (Å²) in [7, 11) is 0. The molecule has 2 atom stereocenters. The van der Waals surface area contributed by atoms with Crippen molar-refractivity contribution in [3.8, 4) is 0 Å². The first-order valence-electron chi connectivity index (χ1n) is 5.87. The summed E-state index contributed by atoms with van der Waals surface area (Å²) in [4.78, 5) is 11.9. The van der Waals surface area contributed by atoms with Gasteiger partial charge in [-0.05, 0) is 25.7 Å². The Hall–Kier alpha value is -0.650. The normalized spacial score (nSPS) is 29.5. The van der Waals surface area contributed by atoms with Crippen LogP contribution in [0.2, 0.25) is 0 Å². The van der Waals surface area contributed by atoms with Gasteiger partial charge in [0.15, 0.2) is 6.10 Å². The molecule has 0 spiro atoms. The molecule has 1 saturated carbocycles. The van der Waals surface area contributed by atoms with Gasteiger partial charge in [-0.15, -0.1) is 0 Å². The molecule has 0 bridgehead atoms. The zero-order valence-electron chi connectivity index (χ0n) is 9.70. The van der Waals surface area contributed by atoms with Gasteiger partial charge in [0, 0.05) is 6.54 Å². The molecule has 0 aromatic rings. The highest BCUT2D eigenvalue weighted by Crippen LogP contribution is 2.39. The van der Waals surface area contributed by atoms with E-state index in [-0.39, 0.29) is 11.4 Å². The van der Waals surface area contributed by atoms with Crippen molar-refractivity contribution < 1.29 is 14.3 Å². The molecule has 2 rings (SSSR count).